The van der Waals surface area contributed by atoms with E-state index in [0.717, 1.165) is 0 Å². The Morgan fingerprint density at radius 2 is 2.00 bits per heavy atom. The van der Waals surface area contributed by atoms with Crippen LogP contribution in [0, 0.1) is 10.1 Å². The number of rotatable bonds is 10. The molecule has 142 valence electrons. The van der Waals surface area contributed by atoms with E-state index in [1.165, 1.54) is 30.0 Å². The molecule has 1 aromatic carbocycles. The molecule has 10 heteroatoms. The Morgan fingerprint density at radius 3 is 2.62 bits per heavy atom. The lowest BCUT2D eigenvalue weighted by molar-refractivity contribution is -0.385. The van der Waals surface area contributed by atoms with Crippen LogP contribution in [0.4, 0.5) is 5.69 Å². The molecule has 1 aromatic rings. The van der Waals surface area contributed by atoms with Crippen molar-refractivity contribution in [1.82, 2.24) is 5.32 Å². The third-order valence-corrected chi connectivity index (χ3v) is 3.87. The number of hydrogen-bond acceptors (Lipinski definition) is 8. The first-order valence-corrected chi connectivity index (χ1v) is 9.03. The zero-order chi connectivity index (χ0) is 19.5. The highest BCUT2D eigenvalue weighted by Gasteiger charge is 2.22. The lowest BCUT2D eigenvalue weighted by Crippen LogP contribution is -2.30. The van der Waals surface area contributed by atoms with E-state index in [1.54, 1.807) is 13.2 Å². The summed E-state index contributed by atoms with van der Waals surface area (Å²) in [6.07, 6.45) is 2.32. The standard InChI is InChI=1S/C16H20N2O7S/c1-3-24-15(20)5-4-8-17-14(19)10-25-16(21)12-9-11(26-2)6-7-13(12)18(22)23/h6-7,9H,3-5,8,10H2,1-2H3,(H,17,19). The Labute approximate surface area is 154 Å². The lowest BCUT2D eigenvalue weighted by atomic mass is 10.2. The van der Waals surface area contributed by atoms with Crippen LogP contribution in [0.25, 0.3) is 0 Å². The number of hydrogen-bond donors (Lipinski definition) is 1. The van der Waals surface area contributed by atoms with Crippen molar-refractivity contribution in [3.63, 3.8) is 0 Å². The first kappa shape index (κ1) is 21.4. The predicted molar refractivity (Wildman–Crippen MR) is 94.0 cm³/mol. The van der Waals surface area contributed by atoms with Crippen molar-refractivity contribution in [2.24, 2.45) is 0 Å². The molecule has 9 nitrogen and oxygen atoms in total. The van der Waals surface area contributed by atoms with Gasteiger partial charge >= 0.3 is 11.9 Å². The van der Waals surface area contributed by atoms with Crippen LogP contribution < -0.4 is 5.32 Å². The van der Waals surface area contributed by atoms with E-state index < -0.39 is 23.4 Å². The van der Waals surface area contributed by atoms with Gasteiger partial charge < -0.3 is 14.8 Å². The van der Waals surface area contributed by atoms with Gasteiger partial charge in [0.05, 0.1) is 11.5 Å². The van der Waals surface area contributed by atoms with Crippen molar-refractivity contribution < 1.29 is 28.8 Å². The van der Waals surface area contributed by atoms with E-state index in [-0.39, 0.29) is 30.2 Å². The van der Waals surface area contributed by atoms with Gasteiger partial charge in [0.25, 0.3) is 11.6 Å². The third-order valence-electron chi connectivity index (χ3n) is 3.14. The smallest absolute Gasteiger partial charge is 0.345 e. The van der Waals surface area contributed by atoms with E-state index in [0.29, 0.717) is 17.9 Å². The van der Waals surface area contributed by atoms with Gasteiger partial charge in [-0.3, -0.25) is 19.7 Å². The predicted octanol–water partition coefficient (Wildman–Crippen LogP) is 1.93. The Bertz CT molecular complexity index is 679. The van der Waals surface area contributed by atoms with E-state index in [1.807, 2.05) is 0 Å². The van der Waals surface area contributed by atoms with E-state index in [9.17, 15) is 24.5 Å². The summed E-state index contributed by atoms with van der Waals surface area (Å²) < 4.78 is 9.59. The molecule has 0 heterocycles. The number of nitro benzene ring substituents is 1. The minimum absolute atomic E-state index is 0.168. The summed E-state index contributed by atoms with van der Waals surface area (Å²) >= 11 is 1.32. The summed E-state index contributed by atoms with van der Waals surface area (Å²) in [5, 5.41) is 13.5. The molecule has 0 aliphatic rings. The van der Waals surface area contributed by atoms with Gasteiger partial charge in [0.15, 0.2) is 6.61 Å². The topological polar surface area (TPSA) is 125 Å². The summed E-state index contributed by atoms with van der Waals surface area (Å²) in [4.78, 5) is 45.8. The first-order chi connectivity index (χ1) is 12.4. The Balaban J connectivity index is 2.49. The van der Waals surface area contributed by atoms with Crippen LogP contribution in [0.1, 0.15) is 30.1 Å². The monoisotopic (exact) mass is 384 g/mol. The highest BCUT2D eigenvalue weighted by Crippen LogP contribution is 2.25. The molecule has 0 aromatic heterocycles. The molecular formula is C16H20N2O7S. The highest BCUT2D eigenvalue weighted by atomic mass is 32.2. The van der Waals surface area contributed by atoms with E-state index in [4.69, 9.17) is 9.47 Å². The molecule has 0 fully saturated rings. The molecule has 0 saturated heterocycles. The van der Waals surface area contributed by atoms with Gasteiger partial charge in [-0.05, 0) is 31.7 Å². The molecule has 1 N–H and O–H groups in total. The second-order valence-corrected chi connectivity index (χ2v) is 5.85. The quantitative estimate of drug-likeness (QED) is 0.213. The van der Waals surface area contributed by atoms with Crippen LogP contribution in [-0.4, -0.2) is 48.8 Å². The maximum Gasteiger partial charge on any atom is 0.345 e. The van der Waals surface area contributed by atoms with Gasteiger partial charge in [0.2, 0.25) is 0 Å². The lowest BCUT2D eigenvalue weighted by Gasteiger charge is -2.08. The molecule has 26 heavy (non-hydrogen) atoms. The molecule has 0 bridgehead atoms. The van der Waals surface area contributed by atoms with Crippen molar-refractivity contribution in [2.45, 2.75) is 24.7 Å². The summed E-state index contributed by atoms with van der Waals surface area (Å²) in [6.45, 7) is 1.65. The Kier molecular flexibility index (Phi) is 9.13. The normalized spacial score (nSPS) is 10.1. The van der Waals surface area contributed by atoms with Gasteiger partial charge in [-0.15, -0.1) is 11.8 Å². The van der Waals surface area contributed by atoms with Crippen molar-refractivity contribution >= 4 is 35.3 Å². The molecule has 0 aliphatic heterocycles. The second-order valence-electron chi connectivity index (χ2n) is 4.97. The molecular weight excluding hydrogens is 364 g/mol. The number of nitrogens with zero attached hydrogens (tertiary/aromatic N) is 1. The minimum Gasteiger partial charge on any atom is -0.466 e. The number of esters is 2. The van der Waals surface area contributed by atoms with Crippen molar-refractivity contribution in [3.05, 3.63) is 33.9 Å². The number of nitro groups is 1. The molecule has 1 amide bonds. The first-order valence-electron chi connectivity index (χ1n) is 7.80. The van der Waals surface area contributed by atoms with Gasteiger partial charge in [-0.1, -0.05) is 0 Å². The van der Waals surface area contributed by atoms with Gasteiger partial charge in [0.1, 0.15) is 5.56 Å². The fourth-order valence-electron chi connectivity index (χ4n) is 1.92. The average molecular weight is 384 g/mol. The van der Waals surface area contributed by atoms with Crippen molar-refractivity contribution in [1.29, 1.82) is 0 Å². The van der Waals surface area contributed by atoms with Crippen molar-refractivity contribution in [2.75, 3.05) is 26.0 Å². The average Bonchev–Trinajstić information content (AvgIpc) is 2.62. The third kappa shape index (κ3) is 7.09. The fraction of sp³-hybridized carbons (Fsp3) is 0.438. The number of amides is 1. The maximum atomic E-state index is 12.1. The molecule has 0 atom stereocenters. The second kappa shape index (κ2) is 11.1. The molecule has 1 rings (SSSR count). The zero-order valence-corrected chi connectivity index (χ0v) is 15.3. The Hall–Kier alpha value is -2.62. The number of benzene rings is 1. The molecule has 0 radical (unpaired) electrons. The Morgan fingerprint density at radius 1 is 1.27 bits per heavy atom. The van der Waals surface area contributed by atoms with Crippen LogP contribution in [-0.2, 0) is 19.1 Å². The maximum absolute atomic E-state index is 12.1. The summed E-state index contributed by atoms with van der Waals surface area (Å²) in [6, 6.07) is 4.09. The number of ether oxygens (including phenoxy) is 2. The van der Waals surface area contributed by atoms with Crippen LogP contribution >= 0.6 is 11.8 Å². The fourth-order valence-corrected chi connectivity index (χ4v) is 2.36. The largest absolute Gasteiger partial charge is 0.466 e. The SMILES string of the molecule is CCOC(=O)CCCNC(=O)COC(=O)c1cc(SC)ccc1[N+](=O)[O-]. The summed E-state index contributed by atoms with van der Waals surface area (Å²) in [5.74, 6) is -1.87. The van der Waals surface area contributed by atoms with Crippen LogP contribution in [0.2, 0.25) is 0 Å². The number of carbonyl (C=O) groups excluding carboxylic acids is 3. The van der Waals surface area contributed by atoms with Crippen LogP contribution in [0.15, 0.2) is 23.1 Å². The zero-order valence-electron chi connectivity index (χ0n) is 14.5. The van der Waals surface area contributed by atoms with Gasteiger partial charge in [-0.2, -0.15) is 0 Å². The minimum atomic E-state index is -0.950. The molecule has 0 unspecified atom stereocenters. The summed E-state index contributed by atoms with van der Waals surface area (Å²) in [5.41, 5.74) is -0.598. The van der Waals surface area contributed by atoms with Crippen LogP contribution in [0.3, 0.4) is 0 Å². The highest BCUT2D eigenvalue weighted by molar-refractivity contribution is 7.98. The van der Waals surface area contributed by atoms with Crippen molar-refractivity contribution in [3.8, 4) is 0 Å². The number of thioether (sulfide) groups is 1. The van der Waals surface area contributed by atoms with E-state index >= 15 is 0 Å². The van der Waals surface area contributed by atoms with Gasteiger partial charge in [-0.25, -0.2) is 4.79 Å². The molecule has 0 aliphatic carbocycles. The number of nitrogens with one attached hydrogen (secondary N) is 1. The molecule has 0 spiro atoms. The molecule has 0 saturated carbocycles. The van der Waals surface area contributed by atoms with Gasteiger partial charge in [0, 0.05) is 23.9 Å². The summed E-state index contributed by atoms with van der Waals surface area (Å²) in [7, 11) is 0. The van der Waals surface area contributed by atoms with E-state index in [2.05, 4.69) is 5.32 Å². The number of carbonyl (C=O) groups is 3. The van der Waals surface area contributed by atoms with Crippen LogP contribution in [0.5, 0.6) is 0 Å².